The van der Waals surface area contributed by atoms with Crippen LogP contribution in [0.1, 0.15) is 127 Å². The molecule has 0 spiro atoms. The zero-order valence-corrected chi connectivity index (χ0v) is 60.6. The van der Waals surface area contributed by atoms with Crippen LogP contribution >= 0.6 is 23.2 Å². The number of fused-ring (bicyclic) bond motifs is 4. The number of aryl methyl sites for hydroxylation is 6. The zero-order valence-electron chi connectivity index (χ0n) is 59.1. The lowest BCUT2D eigenvalue weighted by atomic mass is 9.77. The fourth-order valence-electron chi connectivity index (χ4n) is 16.1. The van der Waals surface area contributed by atoms with Gasteiger partial charge in [-0.1, -0.05) is 229 Å². The molecular weight excluding hydrogens is 1320 g/mol. The van der Waals surface area contributed by atoms with Crippen molar-refractivity contribution in [3.63, 3.8) is 0 Å². The number of carbonyl (C=O) groups excluding carboxylic acids is 1. The van der Waals surface area contributed by atoms with Crippen molar-refractivity contribution in [2.75, 3.05) is 65.4 Å². The second-order valence-electron chi connectivity index (χ2n) is 27.5. The van der Waals surface area contributed by atoms with Crippen molar-refractivity contribution < 1.29 is 4.79 Å². The molecule has 16 rings (SSSR count). The Hall–Kier alpha value is -9.83. The fraction of sp³-hybridized carbons (Fsp3) is 0.270. The van der Waals surface area contributed by atoms with Gasteiger partial charge in [0.1, 0.15) is 11.1 Å². The molecule has 4 aliphatic rings. The summed E-state index contributed by atoms with van der Waals surface area (Å²) in [6, 6.07) is 85.5. The highest BCUT2D eigenvalue weighted by Crippen LogP contribution is 2.44. The first-order valence-electron chi connectivity index (χ1n) is 37.0. The van der Waals surface area contributed by atoms with Crippen LogP contribution in [0.4, 0.5) is 4.79 Å². The van der Waals surface area contributed by atoms with Crippen LogP contribution < -0.4 is 16.4 Å². The van der Waals surface area contributed by atoms with Gasteiger partial charge >= 0.3 is 6.03 Å². The number of hydrogen-bond donors (Lipinski definition) is 3. The average Bonchev–Trinajstić information content (AvgIpc) is 1.21. The molecule has 4 aromatic heterocycles. The number of carbonyl (C=O) groups is 1. The summed E-state index contributed by atoms with van der Waals surface area (Å²) in [6.45, 7) is 8.49. The number of amides is 2. The van der Waals surface area contributed by atoms with E-state index in [0.717, 1.165) is 137 Å². The van der Waals surface area contributed by atoms with Crippen LogP contribution in [0.5, 0.6) is 0 Å². The summed E-state index contributed by atoms with van der Waals surface area (Å²) in [5.74, 6) is 0. The van der Waals surface area contributed by atoms with Crippen molar-refractivity contribution in [3.05, 3.63) is 380 Å². The summed E-state index contributed by atoms with van der Waals surface area (Å²) in [4.78, 5) is 39.6. The number of urea groups is 1. The molecular formula is C89H92Cl2N12O. The molecule has 13 nitrogen and oxygen atoms in total. The highest BCUT2D eigenvalue weighted by molar-refractivity contribution is 6.31. The molecule has 2 aliphatic heterocycles. The van der Waals surface area contributed by atoms with E-state index in [0.29, 0.717) is 19.6 Å². The van der Waals surface area contributed by atoms with Crippen molar-refractivity contribution >= 4 is 29.2 Å². The molecule has 2 fully saturated rings. The topological polar surface area (TPSA) is 138 Å². The van der Waals surface area contributed by atoms with Crippen molar-refractivity contribution in [2.45, 2.75) is 87.4 Å². The number of benzene rings is 8. The maximum atomic E-state index is 13.3. The lowest BCUT2D eigenvalue weighted by molar-refractivity contribution is 0.119. The molecule has 2 saturated heterocycles. The quantitative estimate of drug-likeness (QED) is 0.0534. The molecule has 528 valence electrons. The van der Waals surface area contributed by atoms with Crippen LogP contribution in [0.3, 0.4) is 0 Å². The number of unbranched alkanes of at least 4 members (excludes halogenated alkanes) is 2. The first-order chi connectivity index (χ1) is 51.3. The van der Waals surface area contributed by atoms with E-state index in [1.807, 2.05) is 48.1 Å². The van der Waals surface area contributed by atoms with Crippen molar-refractivity contribution in [1.82, 2.24) is 54.4 Å². The van der Waals surface area contributed by atoms with Gasteiger partial charge in [-0.2, -0.15) is 0 Å². The average molecular weight is 1420 g/mol. The highest BCUT2D eigenvalue weighted by atomic mass is 35.5. The second-order valence-corrected chi connectivity index (χ2v) is 28.4. The summed E-state index contributed by atoms with van der Waals surface area (Å²) in [5.41, 5.74) is 24.3. The number of imidazole rings is 2. The third-order valence-corrected chi connectivity index (χ3v) is 21.7. The largest absolute Gasteiger partial charge is 0.338 e. The first kappa shape index (κ1) is 71.2. The summed E-state index contributed by atoms with van der Waals surface area (Å²) in [6.07, 6.45) is 21.8. The number of hydrogen-bond acceptors (Lipinski definition) is 9. The standard InChI is InChI=1S/C45H45ClN6O.C26H27N3.C18H20ClN3/c46-39-23-24-41-35(31-39)22-21-34-13-12-26-47-42(34)43(41)50-27-29-51(30-28-50)44(53)48-25-11-10-20-40-32-52(33-49-40)45(36-14-4-1-5-15-36,37-16-6-2-7-17-37)38-18-8-3-9-19-38;27-19-11-10-18-25-20-29(21-28-25)26(22-12-4-1-5-13-22,23-14-6-2-7-15-23)24-16-8-3-9-17-24;19-15-5-6-16-14(12-15)4-3-13-2-1-7-21-17(13)18(16)22-10-8-20-9-11-22/h1-9,12-19,23-24,26,31-33,43H,10-11,20-22,25,27-30H2,(H,48,53);1-9,12-17,20-21H,10-11,18-19,27H2;1-2,5-7,12,18,20H,3-4,8-11H2. The smallest absolute Gasteiger partial charge is 0.317 e. The molecule has 6 heterocycles. The van der Waals surface area contributed by atoms with Gasteiger partial charge in [0.2, 0.25) is 0 Å². The maximum Gasteiger partial charge on any atom is 0.317 e. The van der Waals surface area contributed by atoms with Gasteiger partial charge in [-0.15, -0.1) is 0 Å². The Morgan fingerprint density at radius 3 is 1.20 bits per heavy atom. The van der Waals surface area contributed by atoms with Crippen molar-refractivity contribution in [1.29, 1.82) is 0 Å². The molecule has 15 heteroatoms. The molecule has 12 aromatic rings. The SMILES string of the molecule is Clc1ccc2c(c1)CCc1cccnc1C2N1CCNCC1.NCCCCc1cn(C(c2ccccc2)(c2ccccc2)c2ccccc2)cn1.O=C(NCCCCc1cn(C(c2ccccc2)(c2ccccc2)c2ccccc2)cn1)N1CCN(C2c3ccc(Cl)cc3CCc3cccnc32)CC1. The van der Waals surface area contributed by atoms with Crippen LogP contribution in [0.2, 0.25) is 10.0 Å². The number of halogens is 2. The van der Waals surface area contributed by atoms with Crippen molar-refractivity contribution in [3.8, 4) is 0 Å². The molecule has 0 saturated carbocycles. The van der Waals surface area contributed by atoms with Crippen LogP contribution in [0.25, 0.3) is 0 Å². The lowest BCUT2D eigenvalue weighted by Crippen LogP contribution is -2.52. The summed E-state index contributed by atoms with van der Waals surface area (Å²) >= 11 is 12.7. The Morgan fingerprint density at radius 2 is 0.808 bits per heavy atom. The summed E-state index contributed by atoms with van der Waals surface area (Å²) < 4.78 is 4.53. The molecule has 2 aliphatic carbocycles. The number of rotatable bonds is 19. The normalized spacial score (nSPS) is 16.0. The number of piperazine rings is 2. The van der Waals surface area contributed by atoms with Gasteiger partial charge < -0.3 is 30.4 Å². The molecule has 2 amide bonds. The third kappa shape index (κ3) is 15.7. The minimum absolute atomic E-state index is 0.0128. The van der Waals surface area contributed by atoms with Gasteiger partial charge in [0.25, 0.3) is 0 Å². The minimum Gasteiger partial charge on any atom is -0.338 e. The Morgan fingerprint density at radius 1 is 0.433 bits per heavy atom. The predicted octanol–water partition coefficient (Wildman–Crippen LogP) is 16.1. The van der Waals surface area contributed by atoms with Gasteiger partial charge in [0, 0.05) is 93.7 Å². The van der Waals surface area contributed by atoms with Gasteiger partial charge in [-0.3, -0.25) is 19.8 Å². The van der Waals surface area contributed by atoms with Crippen LogP contribution in [-0.4, -0.2) is 115 Å². The maximum absolute atomic E-state index is 13.3. The Labute approximate surface area is 622 Å². The minimum atomic E-state index is -0.569. The Bertz CT molecular complexity index is 4510. The molecule has 4 N–H and O–H groups in total. The number of pyridine rings is 2. The molecule has 2 atom stereocenters. The molecule has 0 radical (unpaired) electrons. The van der Waals surface area contributed by atoms with Crippen LogP contribution in [0.15, 0.2) is 280 Å². The van der Waals surface area contributed by atoms with Crippen LogP contribution in [-0.2, 0) is 49.6 Å². The summed E-state index contributed by atoms with van der Waals surface area (Å²) in [5, 5.41) is 8.24. The van der Waals surface area contributed by atoms with E-state index in [-0.39, 0.29) is 18.1 Å². The van der Waals surface area contributed by atoms with E-state index in [1.54, 1.807) is 0 Å². The van der Waals surface area contributed by atoms with E-state index < -0.39 is 11.1 Å². The fourth-order valence-corrected chi connectivity index (χ4v) is 16.5. The van der Waals surface area contributed by atoms with E-state index in [1.165, 1.54) is 72.5 Å². The lowest BCUT2D eigenvalue weighted by Gasteiger charge is -2.39. The van der Waals surface area contributed by atoms with E-state index in [4.69, 9.17) is 48.9 Å². The number of nitrogens with one attached hydrogen (secondary N) is 2. The zero-order chi connectivity index (χ0) is 70.9. The molecule has 0 bridgehead atoms. The molecule has 2 unspecified atom stereocenters. The number of aromatic nitrogens is 6. The van der Waals surface area contributed by atoms with E-state index in [9.17, 15) is 4.79 Å². The highest BCUT2D eigenvalue weighted by Gasteiger charge is 2.41. The first-order valence-corrected chi connectivity index (χ1v) is 37.8. The monoisotopic (exact) mass is 1410 g/mol. The van der Waals surface area contributed by atoms with Gasteiger partial charge in [-0.25, -0.2) is 14.8 Å². The predicted molar refractivity (Wildman–Crippen MR) is 419 cm³/mol. The third-order valence-electron chi connectivity index (χ3n) is 21.2. The van der Waals surface area contributed by atoms with E-state index >= 15 is 0 Å². The Balaban J connectivity index is 0.000000149. The van der Waals surface area contributed by atoms with Gasteiger partial charge in [0.05, 0.1) is 47.5 Å². The molecule has 8 aromatic carbocycles. The number of nitrogens with zero attached hydrogens (tertiary/aromatic N) is 9. The number of nitrogens with two attached hydrogens (primary N) is 1. The summed E-state index contributed by atoms with van der Waals surface area (Å²) in [7, 11) is 0. The van der Waals surface area contributed by atoms with Crippen LogP contribution in [0, 0.1) is 0 Å². The second kappa shape index (κ2) is 34.2. The van der Waals surface area contributed by atoms with Crippen molar-refractivity contribution in [2.24, 2.45) is 5.73 Å². The van der Waals surface area contributed by atoms with Gasteiger partial charge in [0.15, 0.2) is 0 Å². The van der Waals surface area contributed by atoms with E-state index in [2.05, 4.69) is 266 Å². The Kier molecular flexibility index (Phi) is 23.4. The molecule has 104 heavy (non-hydrogen) atoms. The van der Waals surface area contributed by atoms with Gasteiger partial charge in [-0.05, 0) is 174 Å².